The van der Waals surface area contributed by atoms with Gasteiger partial charge in [0.05, 0.1) is 49.7 Å². The second-order valence-electron chi connectivity index (χ2n) is 37.8. The molecule has 23 aromatic carbocycles. The first-order valence-electron chi connectivity index (χ1n) is 50.2. The maximum absolute atomic E-state index is 6.37. The van der Waals surface area contributed by atoms with Gasteiger partial charge in [0.15, 0.2) is 0 Å². The molecular formula is C139H95N7O2. The Morgan fingerprint density at radius 2 is 0.432 bits per heavy atom. The second-order valence-corrected chi connectivity index (χ2v) is 37.8. The van der Waals surface area contributed by atoms with Crippen molar-refractivity contribution in [3.05, 3.63) is 552 Å². The molecule has 30 rings (SSSR count). The van der Waals surface area contributed by atoms with Crippen molar-refractivity contribution in [3.63, 3.8) is 0 Å². The molecule has 0 saturated heterocycles. The first-order chi connectivity index (χ1) is 72.9. The van der Waals surface area contributed by atoms with Crippen LogP contribution in [0.2, 0.25) is 0 Å². The maximum Gasteiger partial charge on any atom is 0.137 e. The largest absolute Gasteiger partial charge is 0.456 e. The number of aromatic nitrogens is 4. The number of hydrogen-bond donors (Lipinski definition) is 0. The van der Waals surface area contributed by atoms with Crippen LogP contribution in [-0.2, 0) is 0 Å². The van der Waals surface area contributed by atoms with Crippen LogP contribution in [0.5, 0.6) is 0 Å². The summed E-state index contributed by atoms with van der Waals surface area (Å²) in [7, 11) is 0. The van der Waals surface area contributed by atoms with E-state index < -0.39 is 0 Å². The van der Waals surface area contributed by atoms with E-state index >= 15 is 0 Å². The number of nitrogens with zero attached hydrogens (tertiary/aromatic N) is 7. The summed E-state index contributed by atoms with van der Waals surface area (Å²) in [5, 5.41) is 17.1. The number of para-hydroxylation sites is 9. The maximum atomic E-state index is 6.37. The van der Waals surface area contributed by atoms with Gasteiger partial charge in [0, 0.05) is 144 Å². The fourth-order valence-corrected chi connectivity index (χ4v) is 22.7. The standard InChI is InChI=1S/C48H31N3.C48H34N2.C42H26N2O2.CH4/c1-3-13-32(14-4-1)33-25-27-35(28-26-33)49(34-15-5-2-6-16-34)36-17-11-18-37(31-36)50-44-24-12-21-40-38-19-7-9-22-42(38)51-43-23-10-8-20-39(43)41-29-30-45(50)47(46(40)44)48(41)51;1-3-12-35(13-4-1)37-22-28-41(29-23-37)49(42-30-24-38(25-31-42)36-14-5-2-6-15-36)43-32-26-39(27-33-43)40-16-11-17-44(34-40)50-47-20-9-7-18-45(47)46-19-8-10-21-48(46)50;1-2-10-27(11-3-1)44-37-15-7-4-12-31(37)32-21-18-29(25-38(32)44)43(28-20-23-41-36(24-28)34-14-6-9-17-40(34)45-41)30-19-22-35-33-13-5-8-16-39(33)46-42(35)26-30;/h1-31H;1-34H;1-26H;1H4. The van der Waals surface area contributed by atoms with Crippen molar-refractivity contribution >= 4 is 199 Å². The molecule has 0 amide bonds. The van der Waals surface area contributed by atoms with Crippen molar-refractivity contribution in [1.29, 1.82) is 0 Å². The minimum atomic E-state index is 0. The molecule has 7 heterocycles. The lowest BCUT2D eigenvalue weighted by atomic mass is 10.0. The third-order valence-corrected chi connectivity index (χ3v) is 29.4. The molecule has 148 heavy (non-hydrogen) atoms. The first-order valence-corrected chi connectivity index (χ1v) is 50.2. The SMILES string of the molecule is C.c1ccc(-c2ccc(N(c3ccc(-c4ccccc4)cc3)c3ccc(-c4cccc(-n5c6ccccc6c6ccccc65)c4)cc3)cc2)cc1.c1ccc(-c2ccc(N(c3ccccc3)c3cccc(-n4c5cccc6c7ccccc7n7c8ccccc8c8ccc4c(c65)c87)c3)cc2)cc1.c1ccc(-n2c3ccccc3c3ccc(N(c4ccc5c(c4)oc4ccccc45)c4ccc5oc6ccccc6c5c4)cc32)cc1. The van der Waals surface area contributed by atoms with E-state index in [-0.39, 0.29) is 7.43 Å². The summed E-state index contributed by atoms with van der Waals surface area (Å²) in [4.78, 5) is 7.01. The van der Waals surface area contributed by atoms with Crippen LogP contribution in [0.25, 0.3) is 209 Å². The third kappa shape index (κ3) is 15.0. The average molecular weight is 1900 g/mol. The lowest BCUT2D eigenvalue weighted by molar-refractivity contribution is 0.668. The molecule has 0 atom stereocenters. The summed E-state index contributed by atoms with van der Waals surface area (Å²) in [6, 6.07) is 198. The predicted octanol–water partition coefficient (Wildman–Crippen LogP) is 39.0. The zero-order valence-corrected chi connectivity index (χ0v) is 80.0. The first kappa shape index (κ1) is 87.3. The highest BCUT2D eigenvalue weighted by atomic mass is 16.3. The molecule has 0 aliphatic rings. The highest BCUT2D eigenvalue weighted by Crippen LogP contribution is 2.50. The van der Waals surface area contributed by atoms with Gasteiger partial charge in [-0.2, -0.15) is 0 Å². The molecule has 9 heteroatoms. The molecule has 0 aliphatic heterocycles. The second kappa shape index (κ2) is 36.7. The molecule has 0 saturated carbocycles. The zero-order chi connectivity index (χ0) is 96.9. The summed E-state index contributed by atoms with van der Waals surface area (Å²) in [5.74, 6) is 0. The molecule has 0 unspecified atom stereocenters. The Balaban J connectivity index is 0.000000109. The summed E-state index contributed by atoms with van der Waals surface area (Å²) in [6.07, 6.45) is 0. The van der Waals surface area contributed by atoms with E-state index in [1.54, 1.807) is 0 Å². The minimum absolute atomic E-state index is 0. The van der Waals surface area contributed by atoms with E-state index in [9.17, 15) is 0 Å². The molecule has 0 fully saturated rings. The Hall–Kier alpha value is -19.7. The van der Waals surface area contributed by atoms with Crippen molar-refractivity contribution in [2.45, 2.75) is 7.43 Å². The number of furan rings is 2. The quantitative estimate of drug-likeness (QED) is 0.0965. The fraction of sp³-hybridized carbons (Fsp3) is 0.00719. The van der Waals surface area contributed by atoms with E-state index in [1.807, 2.05) is 24.3 Å². The Bertz CT molecular complexity index is 10100. The molecule has 0 spiro atoms. The van der Waals surface area contributed by atoms with Gasteiger partial charge in [0.25, 0.3) is 0 Å². The molecule has 7 aromatic heterocycles. The lowest BCUT2D eigenvalue weighted by Crippen LogP contribution is -2.10. The third-order valence-electron chi connectivity index (χ3n) is 29.4. The van der Waals surface area contributed by atoms with Gasteiger partial charge in [0.2, 0.25) is 0 Å². The van der Waals surface area contributed by atoms with Crippen LogP contribution in [0.4, 0.5) is 51.2 Å². The van der Waals surface area contributed by atoms with Crippen molar-refractivity contribution in [2.75, 3.05) is 14.7 Å². The summed E-state index contributed by atoms with van der Waals surface area (Å²) < 4.78 is 22.3. The van der Waals surface area contributed by atoms with Gasteiger partial charge < -0.3 is 41.6 Å². The van der Waals surface area contributed by atoms with Gasteiger partial charge in [-0.1, -0.05) is 353 Å². The molecule has 0 N–H and O–H groups in total. The summed E-state index contributed by atoms with van der Waals surface area (Å²) >= 11 is 0. The number of fused-ring (bicyclic) bond motifs is 18. The smallest absolute Gasteiger partial charge is 0.137 e. The average Bonchev–Trinajstić information content (AvgIpc) is 1.52. The molecule has 0 bridgehead atoms. The minimum Gasteiger partial charge on any atom is -0.456 e. The molecular weight excluding hydrogens is 1800 g/mol. The number of rotatable bonds is 16. The van der Waals surface area contributed by atoms with Crippen LogP contribution in [0, 0.1) is 0 Å². The molecule has 9 nitrogen and oxygen atoms in total. The van der Waals surface area contributed by atoms with Crippen molar-refractivity contribution < 1.29 is 8.83 Å². The van der Waals surface area contributed by atoms with Gasteiger partial charge in [0.1, 0.15) is 22.3 Å². The van der Waals surface area contributed by atoms with Crippen molar-refractivity contribution in [1.82, 2.24) is 18.1 Å². The lowest BCUT2D eigenvalue weighted by Gasteiger charge is -2.26. The Morgan fingerprint density at radius 1 is 0.142 bits per heavy atom. The topological polar surface area (TPSA) is 55.2 Å². The molecule has 698 valence electrons. The van der Waals surface area contributed by atoms with Crippen molar-refractivity contribution in [3.8, 4) is 61.6 Å². The highest BCUT2D eigenvalue weighted by Gasteiger charge is 2.28. The number of hydrogen-bond acceptors (Lipinski definition) is 5. The number of benzene rings is 23. The van der Waals surface area contributed by atoms with Crippen LogP contribution in [0.15, 0.2) is 561 Å². The van der Waals surface area contributed by atoms with Gasteiger partial charge in [-0.3, -0.25) is 0 Å². The van der Waals surface area contributed by atoms with Crippen LogP contribution >= 0.6 is 0 Å². The Morgan fingerprint density at radius 3 is 0.973 bits per heavy atom. The van der Waals surface area contributed by atoms with E-state index in [0.29, 0.717) is 0 Å². The van der Waals surface area contributed by atoms with Crippen molar-refractivity contribution in [2.24, 2.45) is 0 Å². The Labute approximate surface area is 855 Å². The van der Waals surface area contributed by atoms with Crippen LogP contribution in [-0.4, -0.2) is 18.1 Å². The monoisotopic (exact) mass is 1890 g/mol. The highest BCUT2D eigenvalue weighted by molar-refractivity contribution is 6.33. The normalized spacial score (nSPS) is 11.6. The number of anilines is 9. The van der Waals surface area contributed by atoms with Gasteiger partial charge in [-0.15, -0.1) is 0 Å². The van der Waals surface area contributed by atoms with Crippen LogP contribution in [0.1, 0.15) is 7.43 Å². The predicted molar refractivity (Wildman–Crippen MR) is 624 cm³/mol. The summed E-state index contributed by atoms with van der Waals surface area (Å²) in [5.41, 5.74) is 37.2. The van der Waals surface area contributed by atoms with E-state index in [2.05, 4.69) is 561 Å². The molecule has 0 radical (unpaired) electrons. The van der Waals surface area contributed by atoms with Crippen LogP contribution < -0.4 is 14.7 Å². The summed E-state index contributed by atoms with van der Waals surface area (Å²) in [6.45, 7) is 0. The van der Waals surface area contributed by atoms with Gasteiger partial charge in [-0.25, -0.2) is 0 Å². The van der Waals surface area contributed by atoms with Gasteiger partial charge >= 0.3 is 0 Å². The zero-order valence-electron chi connectivity index (χ0n) is 80.0. The van der Waals surface area contributed by atoms with Gasteiger partial charge in [-0.05, 0) is 250 Å². The van der Waals surface area contributed by atoms with E-state index in [1.165, 1.54) is 143 Å². The molecule has 0 aliphatic carbocycles. The molecule has 30 aromatic rings. The van der Waals surface area contributed by atoms with E-state index in [0.717, 1.165) is 118 Å². The van der Waals surface area contributed by atoms with E-state index in [4.69, 9.17) is 8.83 Å². The van der Waals surface area contributed by atoms with Crippen LogP contribution in [0.3, 0.4) is 0 Å². The Kier molecular flexibility index (Phi) is 21.6. The fourth-order valence-electron chi connectivity index (χ4n) is 22.7.